The zero-order valence-corrected chi connectivity index (χ0v) is 16.6. The number of hydrogen-bond acceptors (Lipinski definition) is 2. The largest absolute Gasteiger partial charge is 0.550 e. The first kappa shape index (κ1) is 18.3. The quantitative estimate of drug-likeness (QED) is 0.572. The molecule has 1 aliphatic rings. The van der Waals surface area contributed by atoms with Crippen LogP contribution in [0.1, 0.15) is 35.6 Å². The van der Waals surface area contributed by atoms with Gasteiger partial charge in [0.2, 0.25) is 0 Å². The molecule has 1 unspecified atom stereocenters. The second kappa shape index (κ2) is 6.80. The first-order valence-corrected chi connectivity index (χ1v) is 9.70. The van der Waals surface area contributed by atoms with Crippen LogP contribution in [0, 0.1) is 5.82 Å². The van der Waals surface area contributed by atoms with Crippen LogP contribution in [0.25, 0.3) is 16.5 Å². The van der Waals surface area contributed by atoms with Gasteiger partial charge in [-0.15, -0.1) is 0 Å². The summed E-state index contributed by atoms with van der Waals surface area (Å²) in [5.41, 5.74) is 4.10. The van der Waals surface area contributed by atoms with Crippen LogP contribution in [0.5, 0.6) is 0 Å². The van der Waals surface area contributed by atoms with Crippen LogP contribution in [0.15, 0.2) is 47.4 Å². The molecule has 1 aromatic heterocycles. The van der Waals surface area contributed by atoms with Crippen LogP contribution in [0.2, 0.25) is 5.02 Å². The van der Waals surface area contributed by atoms with Crippen molar-refractivity contribution in [2.45, 2.75) is 25.3 Å². The summed E-state index contributed by atoms with van der Waals surface area (Å²) in [4.78, 5) is 11.3. The van der Waals surface area contributed by atoms with E-state index in [1.165, 1.54) is 12.1 Å². The molecule has 0 radical (unpaired) electrons. The van der Waals surface area contributed by atoms with Gasteiger partial charge in [0.15, 0.2) is 0 Å². The number of nitrogens with zero attached hydrogens (tertiary/aromatic N) is 1. The molecule has 0 spiro atoms. The summed E-state index contributed by atoms with van der Waals surface area (Å²) < 4.78 is 16.7. The number of carbonyl (C=O) groups excluding carboxylic acids is 1. The average molecular weight is 448 g/mol. The minimum Gasteiger partial charge on any atom is -0.550 e. The fourth-order valence-electron chi connectivity index (χ4n) is 4.00. The maximum atomic E-state index is 14.1. The Labute approximate surface area is 169 Å². The Bertz CT molecular complexity index is 1090. The molecule has 1 aliphatic heterocycles. The minimum absolute atomic E-state index is 0.0721. The highest BCUT2D eigenvalue weighted by molar-refractivity contribution is 9.10. The van der Waals surface area contributed by atoms with Crippen LogP contribution in [0.3, 0.4) is 0 Å². The number of aryl methyl sites for hydroxylation is 1. The predicted molar refractivity (Wildman–Crippen MR) is 106 cm³/mol. The first-order chi connectivity index (χ1) is 12.9. The van der Waals surface area contributed by atoms with Gasteiger partial charge in [-0.3, -0.25) is 0 Å². The number of carboxylic acid groups (broad SMARTS) is 1. The third-order valence-electron chi connectivity index (χ3n) is 5.12. The normalized spacial score (nSPS) is 15.9. The van der Waals surface area contributed by atoms with Crippen molar-refractivity contribution in [3.8, 4) is 0 Å². The van der Waals surface area contributed by atoms with E-state index in [4.69, 9.17) is 11.6 Å². The van der Waals surface area contributed by atoms with Crippen molar-refractivity contribution >= 4 is 50.0 Å². The second-order valence-electron chi connectivity index (χ2n) is 6.74. The Hall–Kier alpha value is -2.11. The summed E-state index contributed by atoms with van der Waals surface area (Å²) in [6.45, 7) is 4.90. The monoisotopic (exact) mass is 446 g/mol. The molecule has 0 aliphatic carbocycles. The van der Waals surface area contributed by atoms with Crippen LogP contribution in [-0.2, 0) is 11.3 Å². The lowest BCUT2D eigenvalue weighted by Gasteiger charge is -2.15. The van der Waals surface area contributed by atoms with Gasteiger partial charge < -0.3 is 14.5 Å². The highest BCUT2D eigenvalue weighted by Crippen LogP contribution is 2.46. The Morgan fingerprint density at radius 1 is 1.33 bits per heavy atom. The zero-order chi connectivity index (χ0) is 19.3. The molecule has 0 fully saturated rings. The molecule has 1 atom stereocenters. The molecular weight excluding hydrogens is 433 g/mol. The Kier molecular flexibility index (Phi) is 4.60. The Balaban J connectivity index is 1.99. The topological polar surface area (TPSA) is 45.1 Å². The van der Waals surface area contributed by atoms with Crippen LogP contribution < -0.4 is 5.11 Å². The summed E-state index contributed by atoms with van der Waals surface area (Å²) in [7, 11) is 0. The molecule has 6 heteroatoms. The minimum atomic E-state index is -1.09. The van der Waals surface area contributed by atoms with E-state index in [-0.39, 0.29) is 18.2 Å². The number of aliphatic carboxylic acids is 1. The van der Waals surface area contributed by atoms with E-state index < -0.39 is 5.97 Å². The van der Waals surface area contributed by atoms with Gasteiger partial charge in [-0.2, -0.15) is 0 Å². The predicted octanol–water partition coefficient (Wildman–Crippen LogP) is 4.89. The van der Waals surface area contributed by atoms with Crippen LogP contribution in [0.4, 0.5) is 4.39 Å². The van der Waals surface area contributed by atoms with Crippen LogP contribution >= 0.6 is 27.5 Å². The molecule has 27 heavy (non-hydrogen) atoms. The summed E-state index contributed by atoms with van der Waals surface area (Å²) in [5, 5.41) is 12.7. The highest BCUT2D eigenvalue weighted by Gasteiger charge is 2.32. The molecule has 2 aromatic carbocycles. The number of halogens is 3. The van der Waals surface area contributed by atoms with E-state index in [0.29, 0.717) is 22.5 Å². The maximum Gasteiger partial charge on any atom is 0.126 e. The summed E-state index contributed by atoms with van der Waals surface area (Å²) in [5.74, 6) is -1.63. The molecule has 0 bridgehead atoms. The molecule has 3 aromatic rings. The SMILES string of the molecule is C=C(c1ccc(Cl)cc1)c1c2n(c3cc(F)cc(Br)c13)CCC2CC(=O)[O-]. The van der Waals surface area contributed by atoms with Crippen molar-refractivity contribution in [2.75, 3.05) is 0 Å². The second-order valence-corrected chi connectivity index (χ2v) is 8.03. The molecule has 0 saturated heterocycles. The lowest BCUT2D eigenvalue weighted by molar-refractivity contribution is -0.306. The number of aromatic nitrogens is 1. The van der Waals surface area contributed by atoms with Gasteiger partial charge in [0.25, 0.3) is 0 Å². The third kappa shape index (κ3) is 3.09. The van der Waals surface area contributed by atoms with Crippen LogP contribution in [-0.4, -0.2) is 10.5 Å². The van der Waals surface area contributed by atoms with Crippen molar-refractivity contribution in [3.63, 3.8) is 0 Å². The van der Waals surface area contributed by atoms with Gasteiger partial charge in [-0.1, -0.05) is 30.3 Å². The number of fused-ring (bicyclic) bond motifs is 3. The lowest BCUT2D eigenvalue weighted by Crippen LogP contribution is -2.24. The molecular formula is C21H15BrClFNO2-. The molecule has 0 saturated carbocycles. The number of benzene rings is 2. The molecule has 138 valence electrons. The fraction of sp³-hybridized carbons (Fsp3) is 0.190. The smallest absolute Gasteiger partial charge is 0.126 e. The van der Waals surface area contributed by atoms with E-state index >= 15 is 0 Å². The molecule has 2 heterocycles. The van der Waals surface area contributed by atoms with E-state index in [0.717, 1.165) is 33.3 Å². The molecule has 3 nitrogen and oxygen atoms in total. The van der Waals surface area contributed by atoms with Gasteiger partial charge >= 0.3 is 0 Å². The average Bonchev–Trinajstić information content (AvgIpc) is 3.14. The first-order valence-electron chi connectivity index (χ1n) is 8.53. The molecule has 0 amide bonds. The van der Waals surface area contributed by atoms with E-state index in [1.807, 2.05) is 16.7 Å². The lowest BCUT2D eigenvalue weighted by atomic mass is 9.90. The molecule has 4 rings (SSSR count). The molecule has 0 N–H and O–H groups in total. The summed E-state index contributed by atoms with van der Waals surface area (Å²) >= 11 is 9.48. The maximum absolute atomic E-state index is 14.1. The number of rotatable bonds is 4. The van der Waals surface area contributed by atoms with Gasteiger partial charge in [0.05, 0.1) is 5.52 Å². The van der Waals surface area contributed by atoms with Gasteiger partial charge in [0, 0.05) is 44.6 Å². The number of carboxylic acids is 1. The summed E-state index contributed by atoms with van der Waals surface area (Å²) in [6.07, 6.45) is 0.603. The van der Waals surface area contributed by atoms with Gasteiger partial charge in [-0.05, 0) is 64.2 Å². The van der Waals surface area contributed by atoms with Gasteiger partial charge in [0.1, 0.15) is 5.82 Å². The van der Waals surface area contributed by atoms with Crippen molar-refractivity contribution < 1.29 is 14.3 Å². The number of carbonyl (C=O) groups is 1. The van der Waals surface area contributed by atoms with Crippen molar-refractivity contribution in [2.24, 2.45) is 0 Å². The fourth-order valence-corrected chi connectivity index (χ4v) is 4.75. The van der Waals surface area contributed by atoms with Crippen molar-refractivity contribution in [1.82, 2.24) is 4.57 Å². The standard InChI is InChI=1S/C21H16BrClFNO2/c1-11(12-2-4-14(23)5-3-12)19-20-16(22)9-15(24)10-17(20)25-7-6-13(21(19)25)8-18(26)27/h2-5,9-10,13H,1,6-8H2,(H,26,27)/p-1. The number of hydrogen-bond donors (Lipinski definition) is 0. The Morgan fingerprint density at radius 3 is 2.70 bits per heavy atom. The Morgan fingerprint density at radius 2 is 2.04 bits per heavy atom. The van der Waals surface area contributed by atoms with Crippen molar-refractivity contribution in [3.05, 3.63) is 75.1 Å². The van der Waals surface area contributed by atoms with Crippen molar-refractivity contribution in [1.29, 1.82) is 0 Å². The highest BCUT2D eigenvalue weighted by atomic mass is 79.9. The van der Waals surface area contributed by atoms with E-state index in [2.05, 4.69) is 22.5 Å². The summed E-state index contributed by atoms with van der Waals surface area (Å²) in [6, 6.07) is 10.2. The zero-order valence-electron chi connectivity index (χ0n) is 14.3. The van der Waals surface area contributed by atoms with Gasteiger partial charge in [-0.25, -0.2) is 4.39 Å². The third-order valence-corrected chi connectivity index (χ3v) is 5.99. The van der Waals surface area contributed by atoms with E-state index in [9.17, 15) is 14.3 Å². The van der Waals surface area contributed by atoms with E-state index in [1.54, 1.807) is 12.1 Å².